The van der Waals surface area contributed by atoms with Gasteiger partial charge in [0, 0.05) is 6.04 Å². The first-order chi connectivity index (χ1) is 8.80. The van der Waals surface area contributed by atoms with Gasteiger partial charge in [-0.25, -0.2) is 0 Å². The standard InChI is InChI=1S/C16H25NO/c1-4-9-17(10-5-2)14-11-13-7-6-8-16(18-3)15(13)12-14/h6-8,14H,4-5,9-12H2,1-3H3/t14-/m0/s1. The first kappa shape index (κ1) is 13.4. The van der Waals surface area contributed by atoms with E-state index in [1.54, 1.807) is 7.11 Å². The molecule has 0 unspecified atom stereocenters. The molecule has 0 radical (unpaired) electrons. The lowest BCUT2D eigenvalue weighted by molar-refractivity contribution is 0.201. The second-order valence-corrected chi connectivity index (χ2v) is 5.20. The zero-order chi connectivity index (χ0) is 13.0. The van der Waals surface area contributed by atoms with Gasteiger partial charge < -0.3 is 4.74 Å². The summed E-state index contributed by atoms with van der Waals surface area (Å²) in [4.78, 5) is 2.65. The van der Waals surface area contributed by atoms with Crippen molar-refractivity contribution >= 4 is 0 Å². The zero-order valence-corrected chi connectivity index (χ0v) is 11.9. The summed E-state index contributed by atoms with van der Waals surface area (Å²) in [5.41, 5.74) is 2.92. The van der Waals surface area contributed by atoms with E-state index >= 15 is 0 Å². The van der Waals surface area contributed by atoms with E-state index in [-0.39, 0.29) is 0 Å². The highest BCUT2D eigenvalue weighted by Gasteiger charge is 2.27. The minimum atomic E-state index is 0.677. The van der Waals surface area contributed by atoms with Crippen LogP contribution in [0.2, 0.25) is 0 Å². The number of fused-ring (bicyclic) bond motifs is 1. The van der Waals surface area contributed by atoms with Crippen molar-refractivity contribution < 1.29 is 4.74 Å². The van der Waals surface area contributed by atoms with Gasteiger partial charge in [-0.1, -0.05) is 26.0 Å². The fraction of sp³-hybridized carbons (Fsp3) is 0.625. The van der Waals surface area contributed by atoms with Crippen LogP contribution >= 0.6 is 0 Å². The molecule has 1 aliphatic carbocycles. The smallest absolute Gasteiger partial charge is 0.122 e. The molecular formula is C16H25NO. The number of rotatable bonds is 6. The summed E-state index contributed by atoms with van der Waals surface area (Å²) in [7, 11) is 1.78. The molecule has 1 aromatic rings. The Bertz CT molecular complexity index is 383. The maximum atomic E-state index is 5.49. The van der Waals surface area contributed by atoms with Crippen molar-refractivity contribution in [2.45, 2.75) is 45.6 Å². The number of ether oxygens (including phenoxy) is 1. The van der Waals surface area contributed by atoms with Crippen LogP contribution in [0.1, 0.15) is 37.8 Å². The van der Waals surface area contributed by atoms with Gasteiger partial charge in [-0.15, -0.1) is 0 Å². The average molecular weight is 247 g/mol. The van der Waals surface area contributed by atoms with E-state index in [1.165, 1.54) is 43.5 Å². The first-order valence-corrected chi connectivity index (χ1v) is 7.18. The molecule has 100 valence electrons. The molecule has 2 nitrogen and oxygen atoms in total. The van der Waals surface area contributed by atoms with Crippen LogP contribution in [-0.4, -0.2) is 31.1 Å². The minimum absolute atomic E-state index is 0.677. The van der Waals surface area contributed by atoms with Crippen LogP contribution in [0.4, 0.5) is 0 Å². The van der Waals surface area contributed by atoms with Crippen molar-refractivity contribution in [2.24, 2.45) is 0 Å². The van der Waals surface area contributed by atoms with E-state index < -0.39 is 0 Å². The molecule has 0 spiro atoms. The summed E-state index contributed by atoms with van der Waals surface area (Å²) in [6.45, 7) is 6.97. The zero-order valence-electron chi connectivity index (χ0n) is 11.9. The van der Waals surface area contributed by atoms with Crippen LogP contribution in [0.15, 0.2) is 18.2 Å². The van der Waals surface area contributed by atoms with E-state index in [2.05, 4.69) is 36.9 Å². The van der Waals surface area contributed by atoms with Crippen LogP contribution in [0.5, 0.6) is 5.75 Å². The van der Waals surface area contributed by atoms with Crippen LogP contribution < -0.4 is 4.74 Å². The van der Waals surface area contributed by atoms with E-state index in [0.717, 1.165) is 12.2 Å². The highest BCUT2D eigenvalue weighted by molar-refractivity contribution is 5.44. The highest BCUT2D eigenvalue weighted by atomic mass is 16.5. The predicted octanol–water partition coefficient (Wildman–Crippen LogP) is 3.28. The van der Waals surface area contributed by atoms with Crippen LogP contribution in [0, 0.1) is 0 Å². The Hall–Kier alpha value is -1.02. The van der Waals surface area contributed by atoms with Crippen molar-refractivity contribution in [3.05, 3.63) is 29.3 Å². The predicted molar refractivity (Wildman–Crippen MR) is 76.3 cm³/mol. The maximum absolute atomic E-state index is 5.49. The SMILES string of the molecule is CCCN(CCC)[C@H]1Cc2cccc(OC)c2C1. The molecule has 0 N–H and O–H groups in total. The summed E-state index contributed by atoms with van der Waals surface area (Å²) < 4.78 is 5.49. The third-order valence-corrected chi connectivity index (χ3v) is 3.88. The normalized spacial score (nSPS) is 18.1. The van der Waals surface area contributed by atoms with Crippen LogP contribution in [-0.2, 0) is 12.8 Å². The average Bonchev–Trinajstić information content (AvgIpc) is 2.82. The highest BCUT2D eigenvalue weighted by Crippen LogP contribution is 2.32. The van der Waals surface area contributed by atoms with Crippen molar-refractivity contribution in [2.75, 3.05) is 20.2 Å². The first-order valence-electron chi connectivity index (χ1n) is 7.18. The molecule has 2 rings (SSSR count). The van der Waals surface area contributed by atoms with Crippen molar-refractivity contribution in [1.82, 2.24) is 4.90 Å². The molecule has 0 aliphatic heterocycles. The van der Waals surface area contributed by atoms with E-state index in [0.29, 0.717) is 6.04 Å². The fourth-order valence-electron chi connectivity index (χ4n) is 3.10. The van der Waals surface area contributed by atoms with Gasteiger partial charge in [-0.3, -0.25) is 4.90 Å². The lowest BCUT2D eigenvalue weighted by Crippen LogP contribution is -2.37. The van der Waals surface area contributed by atoms with Crippen LogP contribution in [0.25, 0.3) is 0 Å². The van der Waals surface area contributed by atoms with Gasteiger partial charge >= 0.3 is 0 Å². The number of hydrogen-bond acceptors (Lipinski definition) is 2. The van der Waals surface area contributed by atoms with Crippen molar-refractivity contribution in [3.8, 4) is 5.75 Å². The Morgan fingerprint density at radius 1 is 1.17 bits per heavy atom. The van der Waals surface area contributed by atoms with Gasteiger partial charge in [0.2, 0.25) is 0 Å². The Kier molecular flexibility index (Phi) is 4.65. The summed E-state index contributed by atoms with van der Waals surface area (Å²) in [5, 5.41) is 0. The molecule has 0 saturated heterocycles. The third-order valence-electron chi connectivity index (χ3n) is 3.88. The van der Waals surface area contributed by atoms with Gasteiger partial charge in [-0.05, 0) is 56.0 Å². The summed E-state index contributed by atoms with van der Waals surface area (Å²) in [6, 6.07) is 7.14. The topological polar surface area (TPSA) is 12.5 Å². The van der Waals surface area contributed by atoms with Gasteiger partial charge in [-0.2, -0.15) is 0 Å². The van der Waals surface area contributed by atoms with Crippen LogP contribution in [0.3, 0.4) is 0 Å². The second-order valence-electron chi connectivity index (χ2n) is 5.20. The number of methoxy groups -OCH3 is 1. The van der Waals surface area contributed by atoms with Gasteiger partial charge in [0.15, 0.2) is 0 Å². The maximum Gasteiger partial charge on any atom is 0.122 e. The molecule has 0 saturated carbocycles. The fourth-order valence-corrected chi connectivity index (χ4v) is 3.10. The quantitative estimate of drug-likeness (QED) is 0.765. The Morgan fingerprint density at radius 2 is 1.89 bits per heavy atom. The van der Waals surface area contributed by atoms with Crippen molar-refractivity contribution in [3.63, 3.8) is 0 Å². The Balaban J connectivity index is 2.12. The lowest BCUT2D eigenvalue weighted by atomic mass is 10.1. The molecule has 0 bridgehead atoms. The molecule has 1 aliphatic rings. The second kappa shape index (κ2) is 6.24. The monoisotopic (exact) mass is 247 g/mol. The minimum Gasteiger partial charge on any atom is -0.496 e. The lowest BCUT2D eigenvalue weighted by Gasteiger charge is -2.27. The molecule has 1 aromatic carbocycles. The Labute approximate surface area is 111 Å². The number of nitrogens with zero attached hydrogens (tertiary/aromatic N) is 1. The van der Waals surface area contributed by atoms with Gasteiger partial charge in [0.25, 0.3) is 0 Å². The summed E-state index contributed by atoms with van der Waals surface area (Å²) in [6.07, 6.45) is 4.82. The van der Waals surface area contributed by atoms with Gasteiger partial charge in [0.05, 0.1) is 7.11 Å². The molecule has 0 amide bonds. The largest absolute Gasteiger partial charge is 0.496 e. The van der Waals surface area contributed by atoms with Crippen molar-refractivity contribution in [1.29, 1.82) is 0 Å². The molecule has 18 heavy (non-hydrogen) atoms. The molecule has 0 aromatic heterocycles. The molecule has 1 atom stereocenters. The van der Waals surface area contributed by atoms with E-state index in [9.17, 15) is 0 Å². The molecule has 0 fully saturated rings. The summed E-state index contributed by atoms with van der Waals surface area (Å²) >= 11 is 0. The number of hydrogen-bond donors (Lipinski definition) is 0. The molecule has 0 heterocycles. The van der Waals surface area contributed by atoms with Gasteiger partial charge in [0.1, 0.15) is 5.75 Å². The number of benzene rings is 1. The summed E-state index contributed by atoms with van der Waals surface area (Å²) in [5.74, 6) is 1.07. The van der Waals surface area contributed by atoms with E-state index in [4.69, 9.17) is 4.74 Å². The Morgan fingerprint density at radius 3 is 2.50 bits per heavy atom. The molecule has 2 heteroatoms. The third kappa shape index (κ3) is 2.69. The molecular weight excluding hydrogens is 222 g/mol. The van der Waals surface area contributed by atoms with E-state index in [1.807, 2.05) is 0 Å².